The molecule has 2 aliphatic rings. The molecule has 1 saturated heterocycles. The average Bonchev–Trinajstić information content (AvgIpc) is 3.14. The van der Waals surface area contributed by atoms with Crippen LogP contribution in [0.1, 0.15) is 48.7 Å². The molecule has 2 aliphatic heterocycles. The summed E-state index contributed by atoms with van der Waals surface area (Å²) in [5.74, 6) is 0.330. The van der Waals surface area contributed by atoms with E-state index >= 15 is 0 Å². The van der Waals surface area contributed by atoms with E-state index in [4.69, 9.17) is 14.2 Å². The lowest BCUT2D eigenvalue weighted by molar-refractivity contribution is 0.0598. The molecule has 33 heavy (non-hydrogen) atoms. The Morgan fingerprint density at radius 3 is 2.58 bits per heavy atom. The highest BCUT2D eigenvalue weighted by Crippen LogP contribution is 2.50. The highest BCUT2D eigenvalue weighted by atomic mass is 16.5. The summed E-state index contributed by atoms with van der Waals surface area (Å²) in [7, 11) is 2.83. The molecule has 0 N–H and O–H groups in total. The normalized spacial score (nSPS) is 17.6. The van der Waals surface area contributed by atoms with Crippen molar-refractivity contribution in [2.75, 3.05) is 19.2 Å². The first kappa shape index (κ1) is 21.0. The molecule has 0 amide bonds. The topological polar surface area (TPSA) is 95.8 Å². The molecule has 0 unspecified atom stereocenters. The lowest BCUT2D eigenvalue weighted by Crippen LogP contribution is -2.50. The first-order chi connectivity index (χ1) is 15.8. The number of hydrogen-bond acceptors (Lipinski definition) is 8. The maximum Gasteiger partial charge on any atom is 0.343 e. The second kappa shape index (κ2) is 7.61. The summed E-state index contributed by atoms with van der Waals surface area (Å²) >= 11 is 0. The fourth-order valence-electron chi connectivity index (χ4n) is 4.79. The SMILES string of the molecule is COC(=O)c1cn2c(cc1=O)-c1cc(OC)c(Oc3ncccn3)cc1[C@H]1CCC(C)(C)N12. The van der Waals surface area contributed by atoms with Crippen LogP contribution in [-0.4, -0.2) is 40.4 Å². The summed E-state index contributed by atoms with van der Waals surface area (Å²) in [6, 6.07) is 7.23. The van der Waals surface area contributed by atoms with Gasteiger partial charge in [-0.25, -0.2) is 14.8 Å². The molecule has 0 bridgehead atoms. The third-order valence-electron chi connectivity index (χ3n) is 6.33. The number of esters is 1. The van der Waals surface area contributed by atoms with Crippen molar-refractivity contribution < 1.29 is 19.0 Å². The Hall–Kier alpha value is -3.88. The van der Waals surface area contributed by atoms with Crippen molar-refractivity contribution in [2.24, 2.45) is 0 Å². The minimum absolute atomic E-state index is 0.000653. The van der Waals surface area contributed by atoms with E-state index in [1.165, 1.54) is 13.2 Å². The fourth-order valence-corrected chi connectivity index (χ4v) is 4.79. The van der Waals surface area contributed by atoms with Gasteiger partial charge < -0.3 is 14.2 Å². The van der Waals surface area contributed by atoms with Gasteiger partial charge >= 0.3 is 12.0 Å². The largest absolute Gasteiger partial charge is 0.493 e. The summed E-state index contributed by atoms with van der Waals surface area (Å²) in [6.07, 6.45) is 6.63. The van der Waals surface area contributed by atoms with E-state index in [0.29, 0.717) is 17.2 Å². The minimum Gasteiger partial charge on any atom is -0.493 e. The Labute approximate surface area is 190 Å². The Kier molecular flexibility index (Phi) is 4.84. The van der Waals surface area contributed by atoms with Crippen LogP contribution in [0.4, 0.5) is 0 Å². The zero-order chi connectivity index (χ0) is 23.3. The van der Waals surface area contributed by atoms with Crippen LogP contribution in [0, 0.1) is 0 Å². The molecule has 170 valence electrons. The van der Waals surface area contributed by atoms with Crippen molar-refractivity contribution in [3.63, 3.8) is 0 Å². The van der Waals surface area contributed by atoms with Gasteiger partial charge in [0.05, 0.1) is 31.5 Å². The van der Waals surface area contributed by atoms with E-state index in [-0.39, 0.29) is 23.2 Å². The van der Waals surface area contributed by atoms with Crippen molar-refractivity contribution in [2.45, 2.75) is 38.3 Å². The van der Waals surface area contributed by atoms with E-state index in [1.54, 1.807) is 31.8 Å². The van der Waals surface area contributed by atoms with E-state index in [1.807, 2.05) is 16.8 Å². The maximum atomic E-state index is 12.8. The Balaban J connectivity index is 1.73. The lowest BCUT2D eigenvalue weighted by Gasteiger charge is -2.44. The highest BCUT2D eigenvalue weighted by Gasteiger charge is 2.45. The monoisotopic (exact) mass is 448 g/mol. The third kappa shape index (κ3) is 3.31. The van der Waals surface area contributed by atoms with Crippen molar-refractivity contribution in [1.82, 2.24) is 14.6 Å². The van der Waals surface area contributed by atoms with Crippen molar-refractivity contribution in [3.8, 4) is 28.8 Å². The van der Waals surface area contributed by atoms with Gasteiger partial charge in [0, 0.05) is 30.2 Å². The van der Waals surface area contributed by atoms with Crippen LogP contribution in [0.3, 0.4) is 0 Å². The fraction of sp³-hybridized carbons (Fsp3) is 0.333. The number of fused-ring (bicyclic) bond motifs is 6. The molecule has 0 radical (unpaired) electrons. The van der Waals surface area contributed by atoms with Crippen LogP contribution >= 0.6 is 0 Å². The first-order valence-corrected chi connectivity index (χ1v) is 10.7. The zero-order valence-corrected chi connectivity index (χ0v) is 18.9. The summed E-state index contributed by atoms with van der Waals surface area (Å²) < 4.78 is 18.3. The van der Waals surface area contributed by atoms with E-state index in [0.717, 1.165) is 24.0 Å². The van der Waals surface area contributed by atoms with Crippen molar-refractivity contribution in [3.05, 3.63) is 64.2 Å². The number of nitrogens with zero attached hydrogens (tertiary/aromatic N) is 4. The Morgan fingerprint density at radius 2 is 1.88 bits per heavy atom. The van der Waals surface area contributed by atoms with Crippen LogP contribution in [-0.2, 0) is 4.74 Å². The lowest BCUT2D eigenvalue weighted by atomic mass is 9.93. The molecule has 4 heterocycles. The number of carbonyl (C=O) groups is 1. The van der Waals surface area contributed by atoms with Crippen LogP contribution in [0.25, 0.3) is 11.3 Å². The maximum absolute atomic E-state index is 12.8. The van der Waals surface area contributed by atoms with Gasteiger partial charge in [0.15, 0.2) is 16.9 Å². The van der Waals surface area contributed by atoms with Gasteiger partial charge in [0.2, 0.25) is 0 Å². The summed E-state index contributed by atoms with van der Waals surface area (Å²) in [6.45, 7) is 4.30. The third-order valence-corrected chi connectivity index (χ3v) is 6.33. The Morgan fingerprint density at radius 1 is 1.12 bits per heavy atom. The van der Waals surface area contributed by atoms with Crippen LogP contribution in [0.5, 0.6) is 17.5 Å². The van der Waals surface area contributed by atoms with Gasteiger partial charge in [0.25, 0.3) is 0 Å². The van der Waals surface area contributed by atoms with E-state index in [2.05, 4.69) is 28.8 Å². The van der Waals surface area contributed by atoms with Gasteiger partial charge in [-0.3, -0.25) is 14.5 Å². The number of aromatic nitrogens is 3. The molecular weight excluding hydrogens is 424 g/mol. The summed E-state index contributed by atoms with van der Waals surface area (Å²) in [4.78, 5) is 33.3. The quantitative estimate of drug-likeness (QED) is 0.560. The van der Waals surface area contributed by atoms with E-state index in [9.17, 15) is 9.59 Å². The number of carbonyl (C=O) groups excluding carboxylic acids is 1. The molecule has 1 fully saturated rings. The highest BCUT2D eigenvalue weighted by molar-refractivity contribution is 5.89. The molecule has 9 nitrogen and oxygen atoms in total. The number of rotatable bonds is 4. The second-order valence-electron chi connectivity index (χ2n) is 8.71. The van der Waals surface area contributed by atoms with Crippen molar-refractivity contribution in [1.29, 1.82) is 0 Å². The summed E-state index contributed by atoms with van der Waals surface area (Å²) in [5, 5.41) is 2.21. The molecular formula is C24H24N4O5. The average molecular weight is 448 g/mol. The van der Waals surface area contributed by atoms with Crippen LogP contribution in [0.15, 0.2) is 47.7 Å². The van der Waals surface area contributed by atoms with Gasteiger partial charge in [-0.15, -0.1) is 0 Å². The molecule has 0 saturated carbocycles. The predicted octanol–water partition coefficient (Wildman–Crippen LogP) is 3.46. The Bertz CT molecular complexity index is 1300. The zero-order valence-electron chi connectivity index (χ0n) is 18.9. The van der Waals surface area contributed by atoms with Gasteiger partial charge in [-0.05, 0) is 50.5 Å². The predicted molar refractivity (Wildman–Crippen MR) is 120 cm³/mol. The number of ether oxygens (including phenoxy) is 3. The van der Waals surface area contributed by atoms with Crippen LogP contribution in [0.2, 0.25) is 0 Å². The first-order valence-electron chi connectivity index (χ1n) is 10.7. The second-order valence-corrected chi connectivity index (χ2v) is 8.71. The molecule has 0 spiro atoms. The van der Waals surface area contributed by atoms with Gasteiger partial charge in [0.1, 0.15) is 5.56 Å². The van der Waals surface area contributed by atoms with Crippen LogP contribution < -0.4 is 19.9 Å². The van der Waals surface area contributed by atoms with E-state index < -0.39 is 11.4 Å². The molecule has 5 rings (SSSR count). The number of methoxy groups -OCH3 is 2. The number of hydrogen-bond donors (Lipinski definition) is 0. The molecule has 2 aromatic heterocycles. The molecule has 9 heteroatoms. The molecule has 0 aliphatic carbocycles. The van der Waals surface area contributed by atoms with Crippen molar-refractivity contribution >= 4 is 5.97 Å². The number of benzene rings is 1. The summed E-state index contributed by atoms with van der Waals surface area (Å²) in [5.41, 5.74) is 1.93. The number of pyridine rings is 1. The molecule has 1 aromatic carbocycles. The molecule has 1 atom stereocenters. The van der Waals surface area contributed by atoms with Gasteiger partial charge in [-0.2, -0.15) is 0 Å². The van der Waals surface area contributed by atoms with Gasteiger partial charge in [-0.1, -0.05) is 0 Å². The smallest absolute Gasteiger partial charge is 0.343 e. The molecule has 3 aromatic rings. The standard InChI is InChI=1S/C24H24N4O5/c1-24(2)7-6-17-14-11-21(33-23-25-8-5-9-26-23)20(31-3)10-15(14)18-12-19(29)16(22(30)32-4)13-27(18)28(17)24/h5,8-13,17H,6-7H2,1-4H3/t17-/m1/s1. The minimum atomic E-state index is -0.654.